The standard InChI is InChI=1S/C13H9ClFO.BrH.Mg/c14-12-7-6-11(15)8-13(12)16-9-10-4-2-1-3-5-10;;/h2-8H,9H2;1H;/q-1;;+2/p-1. The molecule has 2 aromatic rings. The largest absolute Gasteiger partial charge is 2.00 e. The van der Waals surface area contributed by atoms with Gasteiger partial charge in [-0.25, -0.2) is 4.39 Å². The Bertz CT molecular complexity index is 482. The minimum atomic E-state index is -0.360. The Morgan fingerprint density at radius 2 is 1.83 bits per heavy atom. The SMILES string of the molecule is Fc1ccc(Cl)c(OCc2cc[c-]cc2)c1.[Br-].[Mg+2]. The van der Waals surface area contributed by atoms with Gasteiger partial charge in [0.15, 0.2) is 0 Å². The van der Waals surface area contributed by atoms with Crippen LogP contribution in [-0.2, 0) is 6.61 Å². The second-order valence-corrected chi connectivity index (χ2v) is 3.68. The van der Waals surface area contributed by atoms with Gasteiger partial charge in [0.1, 0.15) is 11.6 Å². The molecule has 0 saturated carbocycles. The molecule has 0 bridgehead atoms. The van der Waals surface area contributed by atoms with Crippen molar-refractivity contribution in [1.29, 1.82) is 0 Å². The Kier molecular flexibility index (Phi) is 8.60. The number of rotatable bonds is 3. The van der Waals surface area contributed by atoms with Gasteiger partial charge in [0.25, 0.3) is 0 Å². The fourth-order valence-electron chi connectivity index (χ4n) is 1.27. The maximum absolute atomic E-state index is 12.9. The third kappa shape index (κ3) is 5.14. The molecule has 0 amide bonds. The molecule has 0 fully saturated rings. The van der Waals surface area contributed by atoms with E-state index in [2.05, 4.69) is 6.07 Å². The first kappa shape index (κ1) is 17.7. The van der Waals surface area contributed by atoms with Crippen LogP contribution in [0.25, 0.3) is 0 Å². The van der Waals surface area contributed by atoms with Crippen LogP contribution in [0.1, 0.15) is 5.56 Å². The van der Waals surface area contributed by atoms with Crippen molar-refractivity contribution in [1.82, 2.24) is 0 Å². The van der Waals surface area contributed by atoms with Gasteiger partial charge in [-0.1, -0.05) is 11.6 Å². The molecule has 0 aliphatic carbocycles. The zero-order chi connectivity index (χ0) is 11.4. The van der Waals surface area contributed by atoms with Crippen molar-refractivity contribution in [2.45, 2.75) is 6.61 Å². The fraction of sp³-hybridized carbons (Fsp3) is 0.0769. The maximum atomic E-state index is 12.9. The van der Waals surface area contributed by atoms with Gasteiger partial charge in [0.05, 0.1) is 11.6 Å². The van der Waals surface area contributed by atoms with Crippen molar-refractivity contribution in [2.75, 3.05) is 0 Å². The van der Waals surface area contributed by atoms with Crippen molar-refractivity contribution in [3.05, 3.63) is 64.9 Å². The Labute approximate surface area is 137 Å². The fourth-order valence-corrected chi connectivity index (χ4v) is 1.44. The number of halogens is 3. The van der Waals surface area contributed by atoms with E-state index < -0.39 is 0 Å². The van der Waals surface area contributed by atoms with E-state index >= 15 is 0 Å². The average molecular weight is 340 g/mol. The molecule has 0 aromatic heterocycles. The summed E-state index contributed by atoms with van der Waals surface area (Å²) in [6.45, 7) is 0.359. The number of ether oxygens (including phenoxy) is 1. The molecule has 0 spiro atoms. The van der Waals surface area contributed by atoms with Crippen LogP contribution in [0.15, 0.2) is 42.5 Å². The molecule has 0 aliphatic rings. The minimum Gasteiger partial charge on any atom is -1.00 e. The molecule has 0 saturated heterocycles. The number of hydrogen-bond donors (Lipinski definition) is 0. The van der Waals surface area contributed by atoms with Crippen molar-refractivity contribution in [3.63, 3.8) is 0 Å². The molecule has 90 valence electrons. The van der Waals surface area contributed by atoms with E-state index in [1.54, 1.807) is 12.1 Å². The third-order valence-electron chi connectivity index (χ3n) is 2.07. The Morgan fingerprint density at radius 3 is 2.50 bits per heavy atom. The van der Waals surface area contributed by atoms with Crippen LogP contribution in [0.4, 0.5) is 4.39 Å². The van der Waals surface area contributed by atoms with Gasteiger partial charge in [0.2, 0.25) is 0 Å². The van der Waals surface area contributed by atoms with Crippen LogP contribution in [-0.4, -0.2) is 23.1 Å². The van der Waals surface area contributed by atoms with Crippen LogP contribution < -0.4 is 21.7 Å². The number of hydrogen-bond acceptors (Lipinski definition) is 1. The topological polar surface area (TPSA) is 9.23 Å². The summed E-state index contributed by atoms with van der Waals surface area (Å²) in [6.07, 6.45) is 0. The molecule has 18 heavy (non-hydrogen) atoms. The van der Waals surface area contributed by atoms with Crippen LogP contribution in [0.3, 0.4) is 0 Å². The second-order valence-electron chi connectivity index (χ2n) is 3.27. The molecular weight excluding hydrogens is 331 g/mol. The Morgan fingerprint density at radius 1 is 1.17 bits per heavy atom. The van der Waals surface area contributed by atoms with Gasteiger partial charge in [-0.05, 0) is 12.1 Å². The van der Waals surface area contributed by atoms with Crippen LogP contribution >= 0.6 is 11.6 Å². The van der Waals surface area contributed by atoms with Gasteiger partial charge >= 0.3 is 23.1 Å². The van der Waals surface area contributed by atoms with Crippen molar-refractivity contribution >= 4 is 34.7 Å². The quantitative estimate of drug-likeness (QED) is 0.584. The normalized spacial score (nSPS) is 9.00. The van der Waals surface area contributed by atoms with E-state index in [1.807, 2.05) is 12.1 Å². The molecule has 0 aliphatic heterocycles. The van der Waals surface area contributed by atoms with Crippen LogP contribution in [0.2, 0.25) is 5.02 Å². The predicted molar refractivity (Wildman–Crippen MR) is 66.8 cm³/mol. The monoisotopic (exact) mass is 338 g/mol. The Hall–Kier alpha value is -0.294. The molecule has 2 aromatic carbocycles. The molecule has 1 nitrogen and oxygen atoms in total. The first-order valence-electron chi connectivity index (χ1n) is 4.78. The van der Waals surface area contributed by atoms with Gasteiger partial charge in [-0.3, -0.25) is 0 Å². The zero-order valence-corrected chi connectivity index (χ0v) is 13.3. The molecule has 5 heteroatoms. The van der Waals surface area contributed by atoms with E-state index in [0.29, 0.717) is 17.4 Å². The van der Waals surface area contributed by atoms with Gasteiger partial charge in [-0.2, -0.15) is 30.3 Å². The first-order chi connectivity index (χ1) is 7.75. The number of benzene rings is 2. The van der Waals surface area contributed by atoms with Gasteiger partial charge < -0.3 is 21.7 Å². The summed E-state index contributed by atoms with van der Waals surface area (Å²) in [5, 5.41) is 0.406. The summed E-state index contributed by atoms with van der Waals surface area (Å²) in [4.78, 5) is 0. The van der Waals surface area contributed by atoms with E-state index in [4.69, 9.17) is 16.3 Å². The molecule has 0 radical (unpaired) electrons. The van der Waals surface area contributed by atoms with E-state index in [-0.39, 0.29) is 45.9 Å². The first-order valence-corrected chi connectivity index (χ1v) is 5.16. The predicted octanol–water partition coefficient (Wildman–Crippen LogP) is 0.481. The summed E-state index contributed by atoms with van der Waals surface area (Å²) < 4.78 is 18.3. The van der Waals surface area contributed by atoms with Gasteiger partial charge in [-0.15, -0.1) is 5.56 Å². The molecule has 2 rings (SSSR count). The summed E-state index contributed by atoms with van der Waals surface area (Å²) in [5.74, 6) is -0.00436. The van der Waals surface area contributed by atoms with E-state index in [0.717, 1.165) is 5.56 Å². The minimum absolute atomic E-state index is 0. The third-order valence-corrected chi connectivity index (χ3v) is 2.39. The molecular formula is C13H9BrClFMgO. The molecule has 0 atom stereocenters. The van der Waals surface area contributed by atoms with Crippen molar-refractivity contribution < 1.29 is 26.1 Å². The van der Waals surface area contributed by atoms with Gasteiger partial charge in [0, 0.05) is 6.07 Å². The van der Waals surface area contributed by atoms with Crippen LogP contribution in [0.5, 0.6) is 5.75 Å². The zero-order valence-electron chi connectivity index (χ0n) is 9.50. The smallest absolute Gasteiger partial charge is 1.00 e. The van der Waals surface area contributed by atoms with E-state index in [1.165, 1.54) is 18.2 Å². The second kappa shape index (κ2) is 8.75. The van der Waals surface area contributed by atoms with Crippen molar-refractivity contribution in [3.8, 4) is 5.75 Å². The Balaban J connectivity index is 0.00000144. The average Bonchev–Trinajstić information content (AvgIpc) is 2.32. The van der Waals surface area contributed by atoms with Crippen molar-refractivity contribution in [2.24, 2.45) is 0 Å². The molecule has 0 unspecified atom stereocenters. The summed E-state index contributed by atoms with van der Waals surface area (Å²) in [6, 6.07) is 14.3. The molecule has 0 heterocycles. The summed E-state index contributed by atoms with van der Waals surface area (Å²) in [7, 11) is 0. The summed E-state index contributed by atoms with van der Waals surface area (Å²) in [5.41, 5.74) is 0.985. The summed E-state index contributed by atoms with van der Waals surface area (Å²) >= 11 is 5.86. The molecule has 0 N–H and O–H groups in total. The maximum Gasteiger partial charge on any atom is 2.00 e. The van der Waals surface area contributed by atoms with E-state index in [9.17, 15) is 4.39 Å². The van der Waals surface area contributed by atoms with Crippen LogP contribution in [0, 0.1) is 11.9 Å².